The summed E-state index contributed by atoms with van der Waals surface area (Å²) in [7, 11) is -0.252. The highest BCUT2D eigenvalue weighted by atomic mass is 32.2. The molecule has 0 radical (unpaired) electrons. The molecule has 4 rings (SSSR count). The van der Waals surface area contributed by atoms with E-state index in [-0.39, 0.29) is 22.6 Å². The van der Waals surface area contributed by atoms with Gasteiger partial charge in [0.15, 0.2) is 0 Å². The standard InChI is InChI=1S/C22H25N2O2S/c1-15-12-13-18-19(25)20(27(2)17-10-6-7-11-17)22(26)24(21(18)23-15)14-16-8-4-3-5-9-16/h3-5,8-9,12-13,17,20H,6-7,10-11,14H2,1-2H3/q+1. The number of Topliss-reactive ketones (excluding diaryl/α,β-unsaturated/α-hetero) is 1. The number of rotatable bonds is 4. The van der Waals surface area contributed by atoms with E-state index in [1.807, 2.05) is 49.4 Å². The summed E-state index contributed by atoms with van der Waals surface area (Å²) in [6, 6.07) is 13.7. The Hall–Kier alpha value is -2.14. The van der Waals surface area contributed by atoms with E-state index in [9.17, 15) is 9.59 Å². The maximum atomic E-state index is 13.5. The third kappa shape index (κ3) is 3.41. The number of aromatic nitrogens is 1. The molecule has 1 amide bonds. The van der Waals surface area contributed by atoms with Crippen LogP contribution >= 0.6 is 0 Å². The molecule has 2 unspecified atom stereocenters. The number of fused-ring (bicyclic) bond motifs is 1. The van der Waals surface area contributed by atoms with Crippen LogP contribution in [0.1, 0.15) is 47.3 Å². The molecule has 0 saturated heterocycles. The van der Waals surface area contributed by atoms with Gasteiger partial charge in [-0.15, -0.1) is 0 Å². The number of amides is 1. The van der Waals surface area contributed by atoms with Gasteiger partial charge in [-0.3, -0.25) is 14.5 Å². The topological polar surface area (TPSA) is 50.3 Å². The Kier molecular flexibility index (Phi) is 5.04. The number of carbonyl (C=O) groups excluding carboxylic acids is 2. The second kappa shape index (κ2) is 7.47. The van der Waals surface area contributed by atoms with E-state index in [0.717, 1.165) is 24.1 Å². The molecular weight excluding hydrogens is 356 g/mol. The molecule has 5 heteroatoms. The highest BCUT2D eigenvalue weighted by Gasteiger charge is 2.51. The third-order valence-electron chi connectivity index (χ3n) is 5.65. The summed E-state index contributed by atoms with van der Waals surface area (Å²) in [5.41, 5.74) is 2.46. The molecule has 2 aromatic rings. The summed E-state index contributed by atoms with van der Waals surface area (Å²) in [6.07, 6.45) is 6.80. The zero-order valence-corrected chi connectivity index (χ0v) is 16.7. The fraction of sp³-hybridized carbons (Fsp3) is 0.409. The van der Waals surface area contributed by atoms with E-state index in [2.05, 4.69) is 11.2 Å². The fourth-order valence-corrected chi connectivity index (χ4v) is 6.51. The van der Waals surface area contributed by atoms with Crippen LogP contribution in [0, 0.1) is 6.92 Å². The molecule has 1 fully saturated rings. The number of anilines is 1. The van der Waals surface area contributed by atoms with Gasteiger partial charge in [0.05, 0.1) is 18.4 Å². The number of benzene rings is 1. The molecule has 0 N–H and O–H groups in total. The van der Waals surface area contributed by atoms with Crippen molar-refractivity contribution in [2.75, 3.05) is 11.2 Å². The first-order valence-electron chi connectivity index (χ1n) is 9.57. The van der Waals surface area contributed by atoms with Crippen LogP contribution in [0.4, 0.5) is 5.82 Å². The molecule has 1 aliphatic heterocycles. The van der Waals surface area contributed by atoms with Crippen molar-refractivity contribution >= 4 is 28.4 Å². The van der Waals surface area contributed by atoms with E-state index < -0.39 is 5.25 Å². The van der Waals surface area contributed by atoms with Crippen LogP contribution in [0.2, 0.25) is 0 Å². The smallest absolute Gasteiger partial charge is 0.288 e. The average molecular weight is 382 g/mol. The highest BCUT2D eigenvalue weighted by Crippen LogP contribution is 2.35. The minimum atomic E-state index is -0.561. The fourth-order valence-electron chi connectivity index (χ4n) is 4.14. The van der Waals surface area contributed by atoms with Crippen LogP contribution in [-0.2, 0) is 22.2 Å². The Labute approximate surface area is 163 Å². The SMILES string of the molecule is Cc1ccc2c(n1)N(Cc1ccccc1)C(=O)C([S+](C)C1CCCC1)C2=O. The Morgan fingerprint density at radius 3 is 2.48 bits per heavy atom. The number of pyridine rings is 1. The van der Waals surface area contributed by atoms with Crippen LogP contribution in [0.5, 0.6) is 0 Å². The first-order valence-corrected chi connectivity index (χ1v) is 11.3. The number of nitrogens with zero attached hydrogens (tertiary/aromatic N) is 2. The van der Waals surface area contributed by atoms with Crippen molar-refractivity contribution in [3.8, 4) is 0 Å². The van der Waals surface area contributed by atoms with E-state index in [4.69, 9.17) is 0 Å². The van der Waals surface area contributed by atoms with Crippen LogP contribution < -0.4 is 4.90 Å². The molecule has 1 aliphatic carbocycles. The van der Waals surface area contributed by atoms with Crippen LogP contribution in [0.3, 0.4) is 0 Å². The van der Waals surface area contributed by atoms with Gasteiger partial charge in [0.2, 0.25) is 5.78 Å². The van der Waals surface area contributed by atoms with Gasteiger partial charge in [-0.25, -0.2) is 4.98 Å². The summed E-state index contributed by atoms with van der Waals surface area (Å²) in [4.78, 5) is 33.0. The number of carbonyl (C=O) groups is 2. The van der Waals surface area contributed by atoms with Gasteiger partial charge in [-0.05, 0) is 50.3 Å². The molecule has 2 heterocycles. The molecule has 1 saturated carbocycles. The Morgan fingerprint density at radius 2 is 1.78 bits per heavy atom. The molecule has 2 atom stereocenters. The molecule has 27 heavy (non-hydrogen) atoms. The van der Waals surface area contributed by atoms with Crippen molar-refractivity contribution in [3.05, 3.63) is 59.3 Å². The maximum absolute atomic E-state index is 13.5. The molecule has 4 nitrogen and oxygen atoms in total. The lowest BCUT2D eigenvalue weighted by Gasteiger charge is -2.32. The molecule has 1 aromatic heterocycles. The predicted octanol–water partition coefficient (Wildman–Crippen LogP) is 3.68. The number of hydrogen-bond donors (Lipinski definition) is 0. The number of aryl methyl sites for hydroxylation is 1. The summed E-state index contributed by atoms with van der Waals surface area (Å²) >= 11 is 0. The van der Waals surface area contributed by atoms with Gasteiger partial charge in [0.25, 0.3) is 11.2 Å². The quantitative estimate of drug-likeness (QED) is 0.600. The van der Waals surface area contributed by atoms with Gasteiger partial charge in [-0.1, -0.05) is 30.3 Å². The number of hydrogen-bond acceptors (Lipinski definition) is 3. The normalized spacial score (nSPS) is 21.4. The zero-order valence-electron chi connectivity index (χ0n) is 15.9. The second-order valence-corrected chi connectivity index (χ2v) is 9.85. The Morgan fingerprint density at radius 1 is 1.07 bits per heavy atom. The first-order chi connectivity index (χ1) is 13.1. The van der Waals surface area contributed by atoms with Crippen molar-refractivity contribution in [1.29, 1.82) is 0 Å². The van der Waals surface area contributed by atoms with Crippen molar-refractivity contribution in [3.63, 3.8) is 0 Å². The average Bonchev–Trinajstić information content (AvgIpc) is 3.20. The lowest BCUT2D eigenvalue weighted by Crippen LogP contribution is -2.53. The molecule has 0 bridgehead atoms. The minimum Gasteiger partial charge on any atom is -0.288 e. The lowest BCUT2D eigenvalue weighted by atomic mass is 10.0. The summed E-state index contributed by atoms with van der Waals surface area (Å²) in [6.45, 7) is 2.35. The molecule has 0 spiro atoms. The van der Waals surface area contributed by atoms with Gasteiger partial charge < -0.3 is 0 Å². The summed E-state index contributed by atoms with van der Waals surface area (Å²) in [5, 5.41) is -0.0738. The third-order valence-corrected chi connectivity index (χ3v) is 8.33. The van der Waals surface area contributed by atoms with E-state index >= 15 is 0 Å². The van der Waals surface area contributed by atoms with Gasteiger partial charge >= 0.3 is 0 Å². The number of ketones is 1. The molecule has 1 aromatic carbocycles. The molecular formula is C22H25N2O2S+. The van der Waals surface area contributed by atoms with E-state index in [1.54, 1.807) is 4.90 Å². The largest absolute Gasteiger partial charge is 0.289 e. The molecule has 140 valence electrons. The van der Waals surface area contributed by atoms with Crippen molar-refractivity contribution in [2.24, 2.45) is 0 Å². The highest BCUT2D eigenvalue weighted by molar-refractivity contribution is 7.98. The predicted molar refractivity (Wildman–Crippen MR) is 110 cm³/mol. The first kappa shape index (κ1) is 18.2. The zero-order chi connectivity index (χ0) is 19.0. The maximum Gasteiger partial charge on any atom is 0.289 e. The van der Waals surface area contributed by atoms with Gasteiger partial charge in [0.1, 0.15) is 11.1 Å². The Bertz CT molecular complexity index is 862. The molecule has 2 aliphatic rings. The Balaban J connectivity index is 1.74. The van der Waals surface area contributed by atoms with E-state index in [1.165, 1.54) is 12.8 Å². The van der Waals surface area contributed by atoms with Crippen LogP contribution in [-0.4, -0.2) is 33.4 Å². The van der Waals surface area contributed by atoms with Crippen LogP contribution in [0.25, 0.3) is 0 Å². The van der Waals surface area contributed by atoms with Crippen LogP contribution in [0.15, 0.2) is 42.5 Å². The van der Waals surface area contributed by atoms with Gasteiger partial charge in [0, 0.05) is 16.6 Å². The summed E-state index contributed by atoms with van der Waals surface area (Å²) in [5.74, 6) is 0.408. The van der Waals surface area contributed by atoms with Crippen molar-refractivity contribution in [2.45, 2.75) is 49.7 Å². The van der Waals surface area contributed by atoms with Crippen molar-refractivity contribution in [1.82, 2.24) is 4.98 Å². The minimum absolute atomic E-state index is 0.0375. The van der Waals surface area contributed by atoms with Gasteiger partial charge in [-0.2, -0.15) is 0 Å². The van der Waals surface area contributed by atoms with Crippen molar-refractivity contribution < 1.29 is 9.59 Å². The monoisotopic (exact) mass is 381 g/mol. The van der Waals surface area contributed by atoms with E-state index in [0.29, 0.717) is 23.2 Å². The summed E-state index contributed by atoms with van der Waals surface area (Å²) < 4.78 is 0. The second-order valence-electron chi connectivity index (χ2n) is 7.49. The lowest BCUT2D eigenvalue weighted by molar-refractivity contribution is -0.117.